The van der Waals surface area contributed by atoms with Gasteiger partial charge in [0.2, 0.25) is 0 Å². The Balaban J connectivity index is 2.01. The van der Waals surface area contributed by atoms with E-state index in [4.69, 9.17) is 16.3 Å². The van der Waals surface area contributed by atoms with Crippen LogP contribution in [-0.4, -0.2) is 19.6 Å². The standard InChI is InChI=1S/C16H18ClNO2S/c1-20-16(19)11-15(13-6-2-3-7-14(13)17)18-9-8-12-5-4-10-21-12/h2-7,10,15,18H,8-9,11H2,1H3. The van der Waals surface area contributed by atoms with Crippen molar-refractivity contribution >= 4 is 28.9 Å². The van der Waals surface area contributed by atoms with E-state index >= 15 is 0 Å². The number of rotatable bonds is 7. The van der Waals surface area contributed by atoms with Crippen molar-refractivity contribution in [2.24, 2.45) is 0 Å². The number of halogens is 1. The lowest BCUT2D eigenvalue weighted by atomic mass is 10.0. The normalized spacial score (nSPS) is 12.1. The van der Waals surface area contributed by atoms with Gasteiger partial charge >= 0.3 is 5.97 Å². The third-order valence-electron chi connectivity index (χ3n) is 3.22. The summed E-state index contributed by atoms with van der Waals surface area (Å²) in [6, 6.07) is 11.6. The number of ether oxygens (including phenoxy) is 1. The molecule has 0 amide bonds. The van der Waals surface area contributed by atoms with E-state index in [1.165, 1.54) is 12.0 Å². The maximum atomic E-state index is 11.6. The first-order valence-electron chi connectivity index (χ1n) is 6.77. The lowest BCUT2D eigenvalue weighted by molar-refractivity contribution is -0.141. The second-order valence-corrected chi connectivity index (χ2v) is 6.08. The Morgan fingerprint density at radius 3 is 2.81 bits per heavy atom. The zero-order valence-electron chi connectivity index (χ0n) is 11.8. The number of hydrogen-bond donors (Lipinski definition) is 1. The van der Waals surface area contributed by atoms with Crippen molar-refractivity contribution in [3.8, 4) is 0 Å². The Morgan fingerprint density at radius 1 is 1.33 bits per heavy atom. The smallest absolute Gasteiger partial charge is 0.307 e. The van der Waals surface area contributed by atoms with Crippen molar-refractivity contribution in [2.45, 2.75) is 18.9 Å². The van der Waals surface area contributed by atoms with Crippen LogP contribution in [0.4, 0.5) is 0 Å². The molecule has 1 atom stereocenters. The van der Waals surface area contributed by atoms with Crippen LogP contribution in [0, 0.1) is 0 Å². The lowest BCUT2D eigenvalue weighted by Gasteiger charge is -2.19. The Hall–Kier alpha value is -1.36. The molecular weight excluding hydrogens is 306 g/mol. The summed E-state index contributed by atoms with van der Waals surface area (Å²) in [4.78, 5) is 12.9. The minimum atomic E-state index is -0.247. The van der Waals surface area contributed by atoms with Crippen LogP contribution in [0.2, 0.25) is 5.02 Å². The van der Waals surface area contributed by atoms with Gasteiger partial charge in [-0.1, -0.05) is 35.9 Å². The molecule has 1 aromatic carbocycles. The molecule has 0 saturated heterocycles. The second kappa shape index (κ2) is 8.17. The molecule has 0 aliphatic heterocycles. The molecule has 0 aliphatic carbocycles. The third-order valence-corrected chi connectivity index (χ3v) is 4.50. The van der Waals surface area contributed by atoms with Gasteiger partial charge in [-0.15, -0.1) is 11.3 Å². The summed E-state index contributed by atoms with van der Waals surface area (Å²) in [5, 5.41) is 6.13. The Labute approximate surface area is 133 Å². The molecule has 2 aromatic rings. The van der Waals surface area contributed by atoms with Crippen LogP contribution in [0.25, 0.3) is 0 Å². The number of hydrogen-bond acceptors (Lipinski definition) is 4. The van der Waals surface area contributed by atoms with Crippen LogP contribution in [0.3, 0.4) is 0 Å². The first-order chi connectivity index (χ1) is 10.2. The van der Waals surface area contributed by atoms with E-state index in [2.05, 4.69) is 16.8 Å². The highest BCUT2D eigenvalue weighted by molar-refractivity contribution is 7.09. The zero-order chi connectivity index (χ0) is 15.1. The van der Waals surface area contributed by atoms with E-state index in [-0.39, 0.29) is 18.4 Å². The summed E-state index contributed by atoms with van der Waals surface area (Å²) >= 11 is 7.97. The van der Waals surface area contributed by atoms with Crippen LogP contribution >= 0.6 is 22.9 Å². The first kappa shape index (κ1) is 16.0. The molecule has 0 saturated carbocycles. The van der Waals surface area contributed by atoms with Crippen molar-refractivity contribution in [1.82, 2.24) is 5.32 Å². The summed E-state index contributed by atoms with van der Waals surface area (Å²) in [5.41, 5.74) is 0.927. The molecular formula is C16H18ClNO2S. The molecule has 0 fully saturated rings. The summed E-state index contributed by atoms with van der Waals surface area (Å²) in [7, 11) is 1.40. The molecule has 2 rings (SSSR count). The van der Waals surface area contributed by atoms with Gasteiger partial charge in [0.15, 0.2) is 0 Å². The van der Waals surface area contributed by atoms with Gasteiger partial charge < -0.3 is 10.1 Å². The van der Waals surface area contributed by atoms with Gasteiger partial charge in [0.25, 0.3) is 0 Å². The van der Waals surface area contributed by atoms with Crippen LogP contribution in [0.5, 0.6) is 0 Å². The molecule has 0 bridgehead atoms. The highest BCUT2D eigenvalue weighted by Gasteiger charge is 2.18. The van der Waals surface area contributed by atoms with E-state index in [0.29, 0.717) is 5.02 Å². The summed E-state index contributed by atoms with van der Waals surface area (Å²) in [6.07, 6.45) is 1.20. The van der Waals surface area contributed by atoms with E-state index in [1.807, 2.05) is 30.3 Å². The lowest BCUT2D eigenvalue weighted by Crippen LogP contribution is -2.26. The molecule has 21 heavy (non-hydrogen) atoms. The number of benzene rings is 1. The summed E-state index contributed by atoms with van der Waals surface area (Å²) < 4.78 is 4.77. The van der Waals surface area contributed by atoms with Crippen LogP contribution in [-0.2, 0) is 16.0 Å². The Kier molecular flexibility index (Phi) is 6.23. The number of esters is 1. The van der Waals surface area contributed by atoms with Crippen LogP contribution in [0.15, 0.2) is 41.8 Å². The van der Waals surface area contributed by atoms with Gasteiger partial charge in [0, 0.05) is 22.5 Å². The molecule has 0 spiro atoms. The van der Waals surface area contributed by atoms with Crippen molar-refractivity contribution in [2.75, 3.05) is 13.7 Å². The van der Waals surface area contributed by atoms with Gasteiger partial charge in [-0.3, -0.25) is 4.79 Å². The number of thiophene rings is 1. The third kappa shape index (κ3) is 4.84. The molecule has 1 heterocycles. The fourth-order valence-corrected chi connectivity index (χ4v) is 3.10. The second-order valence-electron chi connectivity index (χ2n) is 4.64. The zero-order valence-corrected chi connectivity index (χ0v) is 13.4. The fourth-order valence-electron chi connectivity index (χ4n) is 2.12. The Bertz CT molecular complexity index is 571. The van der Waals surface area contributed by atoms with Crippen molar-refractivity contribution < 1.29 is 9.53 Å². The maximum absolute atomic E-state index is 11.6. The number of methoxy groups -OCH3 is 1. The summed E-state index contributed by atoms with van der Waals surface area (Å²) in [5.74, 6) is -0.247. The predicted molar refractivity (Wildman–Crippen MR) is 86.9 cm³/mol. The minimum absolute atomic E-state index is 0.133. The van der Waals surface area contributed by atoms with E-state index in [1.54, 1.807) is 11.3 Å². The van der Waals surface area contributed by atoms with Crippen molar-refractivity contribution in [1.29, 1.82) is 0 Å². The molecule has 1 unspecified atom stereocenters. The molecule has 1 N–H and O–H groups in total. The van der Waals surface area contributed by atoms with Crippen molar-refractivity contribution in [3.05, 3.63) is 57.2 Å². The van der Waals surface area contributed by atoms with Gasteiger partial charge in [-0.25, -0.2) is 0 Å². The molecule has 112 valence electrons. The van der Waals surface area contributed by atoms with E-state index < -0.39 is 0 Å². The molecule has 0 radical (unpaired) electrons. The van der Waals surface area contributed by atoms with Gasteiger partial charge in [0.1, 0.15) is 0 Å². The highest BCUT2D eigenvalue weighted by atomic mass is 35.5. The Morgan fingerprint density at radius 2 is 2.14 bits per heavy atom. The average molecular weight is 324 g/mol. The number of carbonyl (C=O) groups is 1. The minimum Gasteiger partial charge on any atom is -0.469 e. The van der Waals surface area contributed by atoms with Crippen LogP contribution < -0.4 is 5.32 Å². The fraction of sp³-hybridized carbons (Fsp3) is 0.312. The quantitative estimate of drug-likeness (QED) is 0.787. The SMILES string of the molecule is COC(=O)CC(NCCc1cccs1)c1ccccc1Cl. The highest BCUT2D eigenvalue weighted by Crippen LogP contribution is 2.25. The predicted octanol–water partition coefficient (Wildman–Crippen LogP) is 3.84. The largest absolute Gasteiger partial charge is 0.469 e. The van der Waals surface area contributed by atoms with Gasteiger partial charge in [0.05, 0.1) is 13.5 Å². The van der Waals surface area contributed by atoms with Crippen molar-refractivity contribution in [3.63, 3.8) is 0 Å². The van der Waals surface area contributed by atoms with E-state index in [9.17, 15) is 4.79 Å². The van der Waals surface area contributed by atoms with Gasteiger partial charge in [-0.05, 0) is 29.5 Å². The monoisotopic (exact) mass is 323 g/mol. The number of carbonyl (C=O) groups excluding carboxylic acids is 1. The molecule has 0 aliphatic rings. The topological polar surface area (TPSA) is 38.3 Å². The maximum Gasteiger partial charge on any atom is 0.307 e. The van der Waals surface area contributed by atoms with E-state index in [0.717, 1.165) is 18.5 Å². The molecule has 1 aromatic heterocycles. The molecule has 5 heteroatoms. The number of nitrogens with one attached hydrogen (secondary N) is 1. The van der Waals surface area contributed by atoms with Gasteiger partial charge in [-0.2, -0.15) is 0 Å². The van der Waals surface area contributed by atoms with Crippen LogP contribution in [0.1, 0.15) is 22.9 Å². The first-order valence-corrected chi connectivity index (χ1v) is 8.03. The summed E-state index contributed by atoms with van der Waals surface area (Å²) in [6.45, 7) is 0.785. The molecule has 3 nitrogen and oxygen atoms in total. The average Bonchev–Trinajstić information content (AvgIpc) is 3.00.